The molecule has 0 fully saturated rings. The molecule has 0 aliphatic heterocycles. The first-order chi connectivity index (χ1) is 11.4. The molecule has 0 aliphatic carbocycles. The average molecular weight is 333 g/mol. The molecule has 24 heavy (non-hydrogen) atoms. The zero-order chi connectivity index (χ0) is 17.3. The number of fused-ring (bicyclic) bond motifs is 1. The third-order valence-electron chi connectivity index (χ3n) is 3.69. The van der Waals surface area contributed by atoms with Gasteiger partial charge in [0.05, 0.1) is 12.1 Å². The Morgan fingerprint density at radius 2 is 1.96 bits per heavy atom. The first-order valence-corrected chi connectivity index (χ1v) is 7.45. The van der Waals surface area contributed by atoms with Gasteiger partial charge < -0.3 is 14.8 Å². The van der Waals surface area contributed by atoms with E-state index >= 15 is 0 Å². The Morgan fingerprint density at radius 1 is 1.21 bits per heavy atom. The molecule has 2 aromatic heterocycles. The van der Waals surface area contributed by atoms with Crippen molar-refractivity contribution in [3.05, 3.63) is 53.7 Å². The number of nitrogens with zero attached hydrogens (tertiary/aromatic N) is 2. The van der Waals surface area contributed by atoms with Crippen molar-refractivity contribution >= 4 is 16.7 Å². The van der Waals surface area contributed by atoms with Crippen LogP contribution in [0.2, 0.25) is 0 Å². The Morgan fingerprint density at radius 3 is 2.62 bits per heavy atom. The van der Waals surface area contributed by atoms with Gasteiger partial charge in [0.2, 0.25) is 0 Å². The quantitative estimate of drug-likeness (QED) is 0.743. The van der Waals surface area contributed by atoms with Gasteiger partial charge >= 0.3 is 0 Å². The zero-order valence-electron chi connectivity index (χ0n) is 13.3. The van der Waals surface area contributed by atoms with E-state index in [-0.39, 0.29) is 12.4 Å². The SMILES string of the molecule is Cc1ccc(C(C)(O)CNc2nc(C(F)F)nc3ccccc23)o1. The molecule has 1 unspecified atom stereocenters. The summed E-state index contributed by atoms with van der Waals surface area (Å²) < 4.78 is 31.4. The van der Waals surface area contributed by atoms with Crippen molar-refractivity contribution in [2.45, 2.75) is 25.9 Å². The Labute approximate surface area is 137 Å². The Balaban J connectivity index is 1.91. The van der Waals surface area contributed by atoms with Gasteiger partial charge in [0.15, 0.2) is 5.82 Å². The van der Waals surface area contributed by atoms with Gasteiger partial charge in [0, 0.05) is 5.39 Å². The van der Waals surface area contributed by atoms with Gasteiger partial charge in [-0.2, -0.15) is 0 Å². The smallest absolute Gasteiger partial charge is 0.297 e. The molecule has 5 nitrogen and oxygen atoms in total. The van der Waals surface area contributed by atoms with Gasteiger partial charge in [0.25, 0.3) is 6.43 Å². The number of benzene rings is 1. The van der Waals surface area contributed by atoms with Gasteiger partial charge in [-0.3, -0.25) is 0 Å². The highest BCUT2D eigenvalue weighted by molar-refractivity contribution is 5.89. The van der Waals surface area contributed by atoms with Crippen molar-refractivity contribution in [1.82, 2.24) is 9.97 Å². The van der Waals surface area contributed by atoms with Crippen molar-refractivity contribution in [3.8, 4) is 0 Å². The number of rotatable bonds is 5. The number of alkyl halides is 2. The molecule has 7 heteroatoms. The number of nitrogens with one attached hydrogen (secondary N) is 1. The summed E-state index contributed by atoms with van der Waals surface area (Å²) in [6.45, 7) is 3.40. The summed E-state index contributed by atoms with van der Waals surface area (Å²) in [5.74, 6) is 0.766. The van der Waals surface area contributed by atoms with Crippen molar-refractivity contribution < 1.29 is 18.3 Å². The van der Waals surface area contributed by atoms with E-state index in [0.29, 0.717) is 22.4 Å². The lowest BCUT2D eigenvalue weighted by atomic mass is 10.0. The summed E-state index contributed by atoms with van der Waals surface area (Å²) in [6, 6.07) is 10.3. The summed E-state index contributed by atoms with van der Waals surface area (Å²) in [5, 5.41) is 14.1. The van der Waals surface area contributed by atoms with Crippen molar-refractivity contribution in [2.75, 3.05) is 11.9 Å². The molecule has 0 aliphatic rings. The minimum Gasteiger partial charge on any atom is -0.463 e. The minimum atomic E-state index is -2.77. The second kappa shape index (κ2) is 6.16. The van der Waals surface area contributed by atoms with E-state index in [1.807, 2.05) is 0 Å². The Bertz CT molecular complexity index is 862. The van der Waals surface area contributed by atoms with Crippen LogP contribution in [0.5, 0.6) is 0 Å². The lowest BCUT2D eigenvalue weighted by molar-refractivity contribution is 0.0467. The topological polar surface area (TPSA) is 71.2 Å². The lowest BCUT2D eigenvalue weighted by Crippen LogP contribution is -2.30. The maximum absolute atomic E-state index is 13.0. The van der Waals surface area contributed by atoms with Crippen LogP contribution in [-0.4, -0.2) is 21.6 Å². The molecule has 1 atom stereocenters. The molecule has 3 aromatic rings. The number of furan rings is 1. The van der Waals surface area contributed by atoms with E-state index < -0.39 is 17.9 Å². The fourth-order valence-electron chi connectivity index (χ4n) is 2.39. The molecular weight excluding hydrogens is 316 g/mol. The fraction of sp³-hybridized carbons (Fsp3) is 0.294. The minimum absolute atomic E-state index is 0.0453. The number of aliphatic hydroxyl groups is 1. The first kappa shape index (κ1) is 16.3. The molecule has 0 radical (unpaired) electrons. The Kier molecular flexibility index (Phi) is 4.19. The number of halogens is 2. The summed E-state index contributed by atoms with van der Waals surface area (Å²) in [6.07, 6.45) is -2.77. The molecule has 0 amide bonds. The monoisotopic (exact) mass is 333 g/mol. The van der Waals surface area contributed by atoms with Crippen LogP contribution in [0.1, 0.15) is 30.7 Å². The van der Waals surface area contributed by atoms with Crippen LogP contribution in [-0.2, 0) is 5.60 Å². The fourth-order valence-corrected chi connectivity index (χ4v) is 2.39. The van der Waals surface area contributed by atoms with Crippen LogP contribution in [0.4, 0.5) is 14.6 Å². The highest BCUT2D eigenvalue weighted by Gasteiger charge is 2.27. The molecule has 0 spiro atoms. The number of hydrogen-bond acceptors (Lipinski definition) is 5. The van der Waals surface area contributed by atoms with Crippen molar-refractivity contribution in [3.63, 3.8) is 0 Å². The molecule has 126 valence electrons. The van der Waals surface area contributed by atoms with Gasteiger partial charge in [-0.05, 0) is 38.1 Å². The summed E-state index contributed by atoms with van der Waals surface area (Å²) >= 11 is 0. The molecular formula is C17H17F2N3O2. The van der Waals surface area contributed by atoms with E-state index in [4.69, 9.17) is 4.42 Å². The maximum Gasteiger partial charge on any atom is 0.297 e. The maximum atomic E-state index is 13.0. The second-order valence-electron chi connectivity index (χ2n) is 5.79. The second-order valence-corrected chi connectivity index (χ2v) is 5.79. The lowest BCUT2D eigenvalue weighted by Gasteiger charge is -2.22. The van der Waals surface area contributed by atoms with Crippen molar-refractivity contribution in [1.29, 1.82) is 0 Å². The van der Waals surface area contributed by atoms with Crippen LogP contribution < -0.4 is 5.32 Å². The van der Waals surface area contributed by atoms with Gasteiger partial charge in [0.1, 0.15) is 22.9 Å². The van der Waals surface area contributed by atoms with Crippen LogP contribution in [0.15, 0.2) is 40.8 Å². The summed E-state index contributed by atoms with van der Waals surface area (Å²) in [7, 11) is 0. The molecule has 0 bridgehead atoms. The van der Waals surface area contributed by atoms with Crippen LogP contribution >= 0.6 is 0 Å². The highest BCUT2D eigenvalue weighted by Crippen LogP contribution is 2.27. The van der Waals surface area contributed by atoms with Crippen LogP contribution in [0, 0.1) is 6.92 Å². The predicted molar refractivity (Wildman–Crippen MR) is 86.0 cm³/mol. The number of aryl methyl sites for hydroxylation is 1. The van der Waals surface area contributed by atoms with Crippen LogP contribution in [0.3, 0.4) is 0 Å². The molecule has 3 rings (SSSR count). The number of para-hydroxylation sites is 1. The van der Waals surface area contributed by atoms with Gasteiger partial charge in [-0.15, -0.1) is 0 Å². The highest BCUT2D eigenvalue weighted by atomic mass is 19.3. The summed E-state index contributed by atoms with van der Waals surface area (Å²) in [5.41, 5.74) is -0.899. The van der Waals surface area contributed by atoms with E-state index in [1.165, 1.54) is 0 Å². The average Bonchev–Trinajstić information content (AvgIpc) is 2.99. The molecule has 2 N–H and O–H groups in total. The number of hydrogen-bond donors (Lipinski definition) is 2. The summed E-state index contributed by atoms with van der Waals surface area (Å²) in [4.78, 5) is 7.75. The first-order valence-electron chi connectivity index (χ1n) is 7.45. The van der Waals surface area contributed by atoms with Crippen molar-refractivity contribution in [2.24, 2.45) is 0 Å². The normalized spacial score (nSPS) is 14.1. The largest absolute Gasteiger partial charge is 0.463 e. The third kappa shape index (κ3) is 3.21. The molecule has 2 heterocycles. The number of anilines is 1. The van der Waals surface area contributed by atoms with Gasteiger partial charge in [-0.25, -0.2) is 18.7 Å². The van der Waals surface area contributed by atoms with Gasteiger partial charge in [-0.1, -0.05) is 12.1 Å². The van der Waals surface area contributed by atoms with E-state index in [0.717, 1.165) is 0 Å². The predicted octanol–water partition coefficient (Wildman–Crippen LogP) is 3.79. The molecule has 0 saturated heterocycles. The van der Waals surface area contributed by atoms with E-state index in [1.54, 1.807) is 50.2 Å². The van der Waals surface area contributed by atoms with E-state index in [2.05, 4.69) is 15.3 Å². The molecule has 1 aromatic carbocycles. The van der Waals surface area contributed by atoms with Crippen LogP contribution in [0.25, 0.3) is 10.9 Å². The number of aromatic nitrogens is 2. The third-order valence-corrected chi connectivity index (χ3v) is 3.69. The standard InChI is InChI=1S/C17H17F2N3O2/c1-10-7-8-13(24-10)17(2,23)9-20-15-11-5-3-4-6-12(11)21-16(22-15)14(18)19/h3-8,14,23H,9H2,1-2H3,(H,20,21,22). The van der Waals surface area contributed by atoms with E-state index in [9.17, 15) is 13.9 Å². The molecule has 0 saturated carbocycles. The Hall–Kier alpha value is -2.54. The zero-order valence-corrected chi connectivity index (χ0v) is 13.3.